The minimum atomic E-state index is 0. The molecule has 0 N–H and O–H groups in total. The lowest BCUT2D eigenvalue weighted by Crippen LogP contribution is -2.18. The van der Waals surface area contributed by atoms with Gasteiger partial charge in [0.15, 0.2) is 0 Å². The standard InChI is InChI=1S/C5H12OSi.3CH4/c7-5-3-1-2-4-6-5;;;/h5H,1-4H2,7H3;3*1H4. The Bertz CT molecular complexity index is 51.2. The summed E-state index contributed by atoms with van der Waals surface area (Å²) in [5, 5.41) is 0. The van der Waals surface area contributed by atoms with Crippen molar-refractivity contribution in [3.05, 3.63) is 0 Å². The molecule has 0 aliphatic carbocycles. The number of ether oxygens (including phenoxy) is 1. The summed E-state index contributed by atoms with van der Waals surface area (Å²) in [7, 11) is 1.23. The Balaban J connectivity index is -0.000000163. The topological polar surface area (TPSA) is 9.23 Å². The third-order valence-corrected chi connectivity index (χ3v) is 2.32. The molecule has 0 amide bonds. The number of hydrogen-bond acceptors (Lipinski definition) is 1. The summed E-state index contributed by atoms with van der Waals surface area (Å²) < 4.78 is 5.34. The molecule has 1 nitrogen and oxygen atoms in total. The maximum atomic E-state index is 5.34. The fourth-order valence-corrected chi connectivity index (χ4v) is 1.55. The van der Waals surface area contributed by atoms with E-state index in [-0.39, 0.29) is 22.3 Å². The highest BCUT2D eigenvalue weighted by atomic mass is 28.1. The SMILES string of the molecule is C.C.C.[SiH3]C1CCCCO1. The number of rotatable bonds is 0. The first-order chi connectivity index (χ1) is 3.39. The Kier molecular flexibility index (Phi) is 15.3. The molecule has 0 bridgehead atoms. The summed E-state index contributed by atoms with van der Waals surface area (Å²) in [6.07, 6.45) is 4.01. The van der Waals surface area contributed by atoms with E-state index >= 15 is 0 Å². The molecule has 0 aromatic heterocycles. The molecular formula is C8H24OSi. The molecule has 66 valence electrons. The lowest BCUT2D eigenvalue weighted by Gasteiger charge is -2.17. The lowest BCUT2D eigenvalue weighted by atomic mass is 10.2. The maximum Gasteiger partial charge on any atom is 0.0465 e. The van der Waals surface area contributed by atoms with E-state index < -0.39 is 0 Å². The van der Waals surface area contributed by atoms with E-state index in [1.54, 1.807) is 0 Å². The van der Waals surface area contributed by atoms with Crippen molar-refractivity contribution in [1.29, 1.82) is 0 Å². The molecule has 1 fully saturated rings. The largest absolute Gasteiger partial charge is 0.383 e. The molecule has 1 aliphatic rings. The molecule has 0 aromatic rings. The predicted molar refractivity (Wildman–Crippen MR) is 53.7 cm³/mol. The van der Waals surface area contributed by atoms with Gasteiger partial charge >= 0.3 is 0 Å². The van der Waals surface area contributed by atoms with E-state index in [1.165, 1.54) is 29.5 Å². The van der Waals surface area contributed by atoms with Crippen LogP contribution in [-0.2, 0) is 4.74 Å². The predicted octanol–water partition coefficient (Wildman–Crippen LogP) is 1.79. The Morgan fingerprint density at radius 1 is 1.10 bits per heavy atom. The first kappa shape index (κ1) is 16.6. The second-order valence-electron chi connectivity index (χ2n) is 2.18. The van der Waals surface area contributed by atoms with Crippen molar-refractivity contribution in [3.8, 4) is 0 Å². The van der Waals surface area contributed by atoms with Crippen molar-refractivity contribution in [2.45, 2.75) is 47.3 Å². The molecule has 1 rings (SSSR count). The van der Waals surface area contributed by atoms with Crippen LogP contribution < -0.4 is 0 Å². The van der Waals surface area contributed by atoms with Gasteiger partial charge in [-0.2, -0.15) is 0 Å². The van der Waals surface area contributed by atoms with E-state index in [0.717, 1.165) is 6.61 Å². The monoisotopic (exact) mass is 164 g/mol. The Hall–Kier alpha value is 0.177. The van der Waals surface area contributed by atoms with Crippen LogP contribution in [0.3, 0.4) is 0 Å². The van der Waals surface area contributed by atoms with Crippen LogP contribution in [-0.4, -0.2) is 22.6 Å². The highest BCUT2D eigenvalue weighted by Crippen LogP contribution is 2.08. The molecule has 1 heterocycles. The van der Waals surface area contributed by atoms with Crippen molar-refractivity contribution in [3.63, 3.8) is 0 Å². The first-order valence-electron chi connectivity index (χ1n) is 3.01. The van der Waals surface area contributed by atoms with E-state index in [9.17, 15) is 0 Å². The summed E-state index contributed by atoms with van der Waals surface area (Å²) in [6.45, 7) is 1.02. The fourth-order valence-electron chi connectivity index (χ4n) is 0.902. The van der Waals surface area contributed by atoms with Gasteiger partial charge in [-0.1, -0.05) is 22.3 Å². The third kappa shape index (κ3) is 6.30. The molecule has 1 unspecified atom stereocenters. The fraction of sp³-hybridized carbons (Fsp3) is 1.00. The van der Waals surface area contributed by atoms with Crippen molar-refractivity contribution in [1.82, 2.24) is 0 Å². The molecule has 1 saturated heterocycles. The molecule has 0 saturated carbocycles. The van der Waals surface area contributed by atoms with Crippen molar-refractivity contribution < 1.29 is 4.74 Å². The van der Waals surface area contributed by atoms with Crippen LogP contribution >= 0.6 is 0 Å². The Morgan fingerprint density at radius 2 is 1.70 bits per heavy atom. The van der Waals surface area contributed by atoms with Gasteiger partial charge in [-0.05, 0) is 19.3 Å². The lowest BCUT2D eigenvalue weighted by molar-refractivity contribution is 0.0675. The molecule has 0 aromatic carbocycles. The van der Waals surface area contributed by atoms with Gasteiger partial charge in [-0.25, -0.2) is 0 Å². The molecule has 1 atom stereocenters. The molecule has 0 spiro atoms. The van der Waals surface area contributed by atoms with E-state index in [4.69, 9.17) is 4.74 Å². The van der Waals surface area contributed by atoms with Crippen LogP contribution in [0.5, 0.6) is 0 Å². The van der Waals surface area contributed by atoms with Crippen LogP contribution in [0.15, 0.2) is 0 Å². The van der Waals surface area contributed by atoms with Gasteiger partial charge in [0.1, 0.15) is 0 Å². The average molecular weight is 164 g/mol. The van der Waals surface area contributed by atoms with Crippen LogP contribution in [0.1, 0.15) is 41.5 Å². The zero-order chi connectivity index (χ0) is 5.11. The summed E-state index contributed by atoms with van der Waals surface area (Å²) in [6, 6.07) is 0. The third-order valence-electron chi connectivity index (χ3n) is 1.41. The van der Waals surface area contributed by atoms with Crippen LogP contribution in [0.2, 0.25) is 0 Å². The van der Waals surface area contributed by atoms with Gasteiger partial charge in [0.25, 0.3) is 0 Å². The zero-order valence-corrected chi connectivity index (χ0v) is 6.81. The van der Waals surface area contributed by atoms with Crippen LogP contribution in [0.4, 0.5) is 0 Å². The maximum absolute atomic E-state index is 5.34. The Morgan fingerprint density at radius 3 is 1.90 bits per heavy atom. The van der Waals surface area contributed by atoms with Crippen molar-refractivity contribution >= 4 is 10.2 Å². The molecule has 2 heteroatoms. The highest BCUT2D eigenvalue weighted by molar-refractivity contribution is 6.10. The zero-order valence-electron chi connectivity index (χ0n) is 4.81. The number of hydrogen-bond donors (Lipinski definition) is 0. The first-order valence-corrected chi connectivity index (χ1v) is 4.16. The quantitative estimate of drug-likeness (QED) is 0.496. The normalized spacial score (nSPS) is 23.4. The summed E-state index contributed by atoms with van der Waals surface area (Å²) in [5.74, 6) is 0. The highest BCUT2D eigenvalue weighted by Gasteiger charge is 2.05. The van der Waals surface area contributed by atoms with Gasteiger partial charge in [0.05, 0.1) is 0 Å². The molecule has 10 heavy (non-hydrogen) atoms. The summed E-state index contributed by atoms with van der Waals surface area (Å²) >= 11 is 0. The summed E-state index contributed by atoms with van der Waals surface area (Å²) in [4.78, 5) is 0. The van der Waals surface area contributed by atoms with Crippen molar-refractivity contribution in [2.75, 3.05) is 6.61 Å². The second-order valence-corrected chi connectivity index (χ2v) is 3.47. The minimum Gasteiger partial charge on any atom is -0.383 e. The van der Waals surface area contributed by atoms with Gasteiger partial charge in [-0.3, -0.25) is 0 Å². The molecule has 1 aliphatic heterocycles. The van der Waals surface area contributed by atoms with Crippen LogP contribution in [0.25, 0.3) is 0 Å². The second kappa shape index (κ2) is 9.18. The van der Waals surface area contributed by atoms with Gasteiger partial charge < -0.3 is 4.74 Å². The van der Waals surface area contributed by atoms with E-state index in [2.05, 4.69) is 0 Å². The van der Waals surface area contributed by atoms with Gasteiger partial charge in [-0.15, -0.1) is 0 Å². The Labute approximate surface area is 69.6 Å². The average Bonchev–Trinajstić information content (AvgIpc) is 1.69. The van der Waals surface area contributed by atoms with Gasteiger partial charge in [0, 0.05) is 22.6 Å². The van der Waals surface area contributed by atoms with E-state index in [1.807, 2.05) is 0 Å². The van der Waals surface area contributed by atoms with Crippen LogP contribution in [0, 0.1) is 0 Å². The molecular weight excluding hydrogens is 140 g/mol. The smallest absolute Gasteiger partial charge is 0.0465 e. The summed E-state index contributed by atoms with van der Waals surface area (Å²) in [5.41, 5.74) is 0.675. The van der Waals surface area contributed by atoms with Gasteiger partial charge in [0.2, 0.25) is 0 Å². The van der Waals surface area contributed by atoms with Crippen molar-refractivity contribution in [2.24, 2.45) is 0 Å². The van der Waals surface area contributed by atoms with E-state index in [0.29, 0.717) is 5.73 Å². The molecule has 0 radical (unpaired) electrons. The minimum absolute atomic E-state index is 0.